The Morgan fingerprint density at radius 1 is 0.741 bits per heavy atom. The second-order valence-electron chi connectivity index (χ2n) is 14.7. The SMILES string of the molecule is COC(=O)N[C@H]1CCC[C@@H]2CC[C@@H](c3nc(-c4ccc(-c5ccc(-c6c[nH]c([C@@H]7CCCN7C(=O)[C@@H](NC(=O)OC)C(C)C)n6)cc5)cc4)c[nH]3)N2C1=O. The Balaban J connectivity index is 1.01. The average Bonchev–Trinajstić information content (AvgIpc) is 4.02. The molecule has 2 aromatic carbocycles. The second-order valence-corrected chi connectivity index (χ2v) is 14.7. The minimum absolute atomic E-state index is 0.0787. The van der Waals surface area contributed by atoms with E-state index in [1.54, 1.807) is 0 Å². The van der Waals surface area contributed by atoms with Crippen LogP contribution in [0.15, 0.2) is 60.9 Å². The predicted molar refractivity (Wildman–Crippen MR) is 201 cm³/mol. The van der Waals surface area contributed by atoms with Crippen molar-refractivity contribution in [2.45, 2.75) is 89.0 Å². The van der Waals surface area contributed by atoms with Crippen molar-refractivity contribution in [2.75, 3.05) is 20.8 Å². The summed E-state index contributed by atoms with van der Waals surface area (Å²) in [5.41, 5.74) is 5.62. The number of H-pyrrole nitrogens is 2. The molecular weight excluding hydrogens is 688 g/mol. The molecule has 7 rings (SSSR count). The number of nitrogens with zero attached hydrogens (tertiary/aromatic N) is 4. The molecular formula is C40H48N8O6. The smallest absolute Gasteiger partial charge is 0.407 e. The van der Waals surface area contributed by atoms with Gasteiger partial charge in [-0.15, -0.1) is 0 Å². The van der Waals surface area contributed by atoms with Gasteiger partial charge in [0.05, 0.1) is 37.7 Å². The van der Waals surface area contributed by atoms with E-state index in [1.807, 2.05) is 60.3 Å². The van der Waals surface area contributed by atoms with Gasteiger partial charge in [-0.05, 0) is 62.0 Å². The van der Waals surface area contributed by atoms with Gasteiger partial charge in [-0.25, -0.2) is 19.6 Å². The quantitative estimate of drug-likeness (QED) is 0.159. The number of benzene rings is 2. The number of hydrogen-bond donors (Lipinski definition) is 4. The van der Waals surface area contributed by atoms with Gasteiger partial charge in [0.1, 0.15) is 23.7 Å². The third-order valence-electron chi connectivity index (χ3n) is 11.0. The molecule has 4 aromatic rings. The molecule has 0 spiro atoms. The minimum atomic E-state index is -0.685. The van der Waals surface area contributed by atoms with Crippen molar-refractivity contribution in [1.29, 1.82) is 0 Å². The van der Waals surface area contributed by atoms with E-state index in [1.165, 1.54) is 14.2 Å². The molecule has 3 saturated heterocycles. The van der Waals surface area contributed by atoms with Crippen LogP contribution in [-0.2, 0) is 19.1 Å². The van der Waals surface area contributed by atoms with Crippen LogP contribution in [0, 0.1) is 5.92 Å². The maximum absolute atomic E-state index is 13.6. The predicted octanol–water partition coefficient (Wildman–Crippen LogP) is 6.12. The molecule has 5 heterocycles. The number of aromatic nitrogens is 4. The van der Waals surface area contributed by atoms with Gasteiger partial charge in [-0.1, -0.05) is 62.4 Å². The summed E-state index contributed by atoms with van der Waals surface area (Å²) >= 11 is 0. The lowest BCUT2D eigenvalue weighted by Crippen LogP contribution is -2.51. The van der Waals surface area contributed by atoms with Crippen molar-refractivity contribution in [1.82, 2.24) is 40.4 Å². The maximum Gasteiger partial charge on any atom is 0.407 e. The third-order valence-corrected chi connectivity index (χ3v) is 11.0. The molecule has 4 amide bonds. The summed E-state index contributed by atoms with van der Waals surface area (Å²) in [7, 11) is 2.59. The fourth-order valence-corrected chi connectivity index (χ4v) is 8.13. The Labute approximate surface area is 314 Å². The molecule has 14 nitrogen and oxygen atoms in total. The zero-order chi connectivity index (χ0) is 37.9. The van der Waals surface area contributed by atoms with E-state index in [0.29, 0.717) is 13.0 Å². The second kappa shape index (κ2) is 15.7. The van der Waals surface area contributed by atoms with Gasteiger partial charge in [-0.2, -0.15) is 0 Å². The van der Waals surface area contributed by atoms with Crippen LogP contribution >= 0.6 is 0 Å². The number of carbonyl (C=O) groups excluding carboxylic acids is 4. The fourth-order valence-electron chi connectivity index (χ4n) is 8.13. The molecule has 3 fully saturated rings. The summed E-state index contributed by atoms with van der Waals surface area (Å²) in [4.78, 5) is 71.1. The average molecular weight is 737 g/mol. The van der Waals surface area contributed by atoms with Gasteiger partial charge in [0.2, 0.25) is 11.8 Å². The molecule has 2 aromatic heterocycles. The molecule has 5 atom stereocenters. The van der Waals surface area contributed by atoms with E-state index in [9.17, 15) is 19.2 Å². The van der Waals surface area contributed by atoms with Crippen LogP contribution in [0.25, 0.3) is 33.6 Å². The maximum atomic E-state index is 13.6. The molecule has 4 N–H and O–H groups in total. The Morgan fingerprint density at radius 2 is 1.31 bits per heavy atom. The summed E-state index contributed by atoms with van der Waals surface area (Å²) < 4.78 is 9.51. The van der Waals surface area contributed by atoms with Gasteiger partial charge in [-0.3, -0.25) is 9.59 Å². The van der Waals surface area contributed by atoms with Crippen LogP contribution in [0.3, 0.4) is 0 Å². The van der Waals surface area contributed by atoms with E-state index >= 15 is 0 Å². The van der Waals surface area contributed by atoms with Crippen molar-refractivity contribution in [2.24, 2.45) is 5.92 Å². The number of fused-ring (bicyclic) bond motifs is 1. The van der Waals surface area contributed by atoms with Crippen molar-refractivity contribution in [3.63, 3.8) is 0 Å². The molecule has 0 unspecified atom stereocenters. The molecule has 0 radical (unpaired) electrons. The van der Waals surface area contributed by atoms with E-state index < -0.39 is 24.3 Å². The van der Waals surface area contributed by atoms with Crippen molar-refractivity contribution in [3.8, 4) is 33.6 Å². The number of hydrogen-bond acceptors (Lipinski definition) is 8. The highest BCUT2D eigenvalue weighted by molar-refractivity contribution is 5.87. The first-order valence-electron chi connectivity index (χ1n) is 18.8. The minimum Gasteiger partial charge on any atom is -0.453 e. The Hall–Kier alpha value is -5.66. The van der Waals surface area contributed by atoms with E-state index in [-0.39, 0.29) is 35.9 Å². The zero-order valence-electron chi connectivity index (χ0n) is 31.1. The number of nitrogens with one attached hydrogen (secondary N) is 4. The number of aromatic amines is 2. The molecule has 54 heavy (non-hydrogen) atoms. The van der Waals surface area contributed by atoms with Crippen LogP contribution in [-0.4, -0.2) is 92.6 Å². The first kappa shape index (κ1) is 36.7. The lowest BCUT2D eigenvalue weighted by Gasteiger charge is -2.30. The first-order valence-corrected chi connectivity index (χ1v) is 18.8. The van der Waals surface area contributed by atoms with Gasteiger partial charge in [0.15, 0.2) is 0 Å². The number of carbonyl (C=O) groups is 4. The van der Waals surface area contributed by atoms with E-state index in [4.69, 9.17) is 19.4 Å². The highest BCUT2D eigenvalue weighted by Crippen LogP contribution is 2.40. The molecule has 0 bridgehead atoms. The van der Waals surface area contributed by atoms with Crippen LogP contribution in [0.5, 0.6) is 0 Å². The molecule has 3 aliphatic heterocycles. The van der Waals surface area contributed by atoms with E-state index in [2.05, 4.69) is 44.9 Å². The lowest BCUT2D eigenvalue weighted by molar-refractivity contribution is -0.136. The summed E-state index contributed by atoms with van der Waals surface area (Å²) in [6, 6.07) is 14.9. The van der Waals surface area contributed by atoms with Crippen molar-refractivity contribution < 1.29 is 28.7 Å². The summed E-state index contributed by atoms with van der Waals surface area (Å²) in [5.74, 6) is 1.16. The van der Waals surface area contributed by atoms with Crippen molar-refractivity contribution in [3.05, 3.63) is 72.6 Å². The Kier molecular flexibility index (Phi) is 10.7. The molecule has 0 saturated carbocycles. The number of likely N-dealkylation sites (tertiary alicyclic amines) is 1. The number of imidazole rings is 2. The van der Waals surface area contributed by atoms with Gasteiger partial charge < -0.3 is 39.9 Å². The number of methoxy groups -OCH3 is 2. The first-order chi connectivity index (χ1) is 26.1. The van der Waals surface area contributed by atoms with E-state index in [0.717, 1.165) is 83.8 Å². The molecule has 0 aliphatic carbocycles. The van der Waals surface area contributed by atoms with Crippen LogP contribution in [0.4, 0.5) is 9.59 Å². The largest absolute Gasteiger partial charge is 0.453 e. The topological polar surface area (TPSA) is 175 Å². The number of rotatable bonds is 9. The fraction of sp³-hybridized carbons (Fsp3) is 0.450. The summed E-state index contributed by atoms with van der Waals surface area (Å²) in [5, 5.41) is 5.41. The monoisotopic (exact) mass is 736 g/mol. The highest BCUT2D eigenvalue weighted by Gasteiger charge is 2.44. The van der Waals surface area contributed by atoms with Gasteiger partial charge >= 0.3 is 12.2 Å². The van der Waals surface area contributed by atoms with Crippen molar-refractivity contribution >= 4 is 24.0 Å². The Bertz CT molecular complexity index is 1970. The zero-order valence-corrected chi connectivity index (χ0v) is 31.1. The van der Waals surface area contributed by atoms with Crippen LogP contribution in [0.2, 0.25) is 0 Å². The highest BCUT2D eigenvalue weighted by atomic mass is 16.5. The normalized spacial score (nSPS) is 21.8. The Morgan fingerprint density at radius 3 is 1.89 bits per heavy atom. The molecule has 3 aliphatic rings. The standard InChI is InChI=1S/C40H48N8O6/c1-23(2)34(46-40(52)54-4)38(50)47-20-6-9-32(47)35-41-21-30(43-35)26-14-10-24(11-15-26)25-12-16-27(17-13-25)31-22-42-36(44-31)33-19-18-28-7-5-8-29(37(49)48(28)33)45-39(51)53-3/h10-17,21-23,28-29,32-34H,5-9,18-20H2,1-4H3,(H,41,43)(H,42,44)(H,45,51)(H,46,52)/t28-,29+,32+,33+,34+/m1/s1. The summed E-state index contributed by atoms with van der Waals surface area (Å²) in [6.45, 7) is 4.40. The number of ether oxygens (including phenoxy) is 2. The lowest BCUT2D eigenvalue weighted by atomic mass is 10.0. The number of alkyl carbamates (subject to hydrolysis) is 2. The summed E-state index contributed by atoms with van der Waals surface area (Å²) in [6.07, 6.45) is 8.26. The van der Waals surface area contributed by atoms with Gasteiger partial charge in [0, 0.05) is 36.1 Å². The van der Waals surface area contributed by atoms with Crippen LogP contribution in [0.1, 0.15) is 82.5 Å². The number of amides is 4. The third kappa shape index (κ3) is 7.42. The van der Waals surface area contributed by atoms with Gasteiger partial charge in [0.25, 0.3) is 0 Å². The molecule has 284 valence electrons. The van der Waals surface area contributed by atoms with Crippen LogP contribution < -0.4 is 10.6 Å². The molecule has 14 heteroatoms.